The van der Waals surface area contributed by atoms with E-state index in [2.05, 4.69) is 26.1 Å². The summed E-state index contributed by atoms with van der Waals surface area (Å²) in [5.74, 6) is 3.62. The molecule has 3 aliphatic heterocycles. The van der Waals surface area contributed by atoms with Gasteiger partial charge in [0.15, 0.2) is 0 Å². The molecule has 10 heteroatoms. The fourth-order valence-corrected chi connectivity index (χ4v) is 5.25. The van der Waals surface area contributed by atoms with Gasteiger partial charge in [-0.1, -0.05) is 0 Å². The first-order valence-electron chi connectivity index (χ1n) is 14.0. The van der Waals surface area contributed by atoms with Crippen molar-refractivity contribution in [3.8, 4) is 11.5 Å². The van der Waals surface area contributed by atoms with E-state index in [4.69, 9.17) is 29.2 Å². The molecule has 0 atom stereocenters. The van der Waals surface area contributed by atoms with E-state index in [0.29, 0.717) is 32.4 Å². The molecule has 2 aromatic rings. The minimum absolute atomic E-state index is 0.540. The number of aromatic nitrogens is 3. The van der Waals surface area contributed by atoms with Crippen LogP contribution in [-0.4, -0.2) is 80.6 Å². The molecule has 1 aromatic carbocycles. The van der Waals surface area contributed by atoms with Gasteiger partial charge >= 0.3 is 0 Å². The van der Waals surface area contributed by atoms with Gasteiger partial charge in [-0.15, -0.1) is 0 Å². The van der Waals surface area contributed by atoms with E-state index < -0.39 is 0 Å². The predicted octanol–water partition coefficient (Wildman–Crippen LogP) is 4.23. The van der Waals surface area contributed by atoms with Gasteiger partial charge in [0, 0.05) is 51.4 Å². The lowest BCUT2D eigenvalue weighted by molar-refractivity contribution is 0.122. The van der Waals surface area contributed by atoms with E-state index >= 15 is 0 Å². The minimum atomic E-state index is 0.540. The topological polar surface area (TPSA) is 88.1 Å². The molecule has 1 aromatic heterocycles. The molecular weight excluding hydrogens is 470 g/mol. The molecule has 1 N–H and O–H groups in total. The van der Waals surface area contributed by atoms with E-state index in [1.54, 1.807) is 0 Å². The fourth-order valence-electron chi connectivity index (χ4n) is 5.25. The Morgan fingerprint density at radius 1 is 0.703 bits per heavy atom. The number of piperidine rings is 2. The highest BCUT2D eigenvalue weighted by molar-refractivity contribution is 5.74. The molecular formula is C27H41N7O3. The Balaban J connectivity index is 1.50. The highest BCUT2D eigenvalue weighted by Gasteiger charge is 2.23. The lowest BCUT2D eigenvalue weighted by atomic mass is 10.1. The first-order valence-corrected chi connectivity index (χ1v) is 14.0. The Morgan fingerprint density at radius 2 is 1.27 bits per heavy atom. The zero-order valence-electron chi connectivity index (χ0n) is 22.4. The number of morpholine rings is 1. The van der Waals surface area contributed by atoms with Crippen LogP contribution in [0.1, 0.15) is 52.4 Å². The summed E-state index contributed by atoms with van der Waals surface area (Å²) < 4.78 is 17.8. The van der Waals surface area contributed by atoms with Crippen molar-refractivity contribution in [3.63, 3.8) is 0 Å². The van der Waals surface area contributed by atoms with E-state index in [1.165, 1.54) is 38.5 Å². The van der Waals surface area contributed by atoms with E-state index in [9.17, 15) is 0 Å². The Labute approximate surface area is 220 Å². The summed E-state index contributed by atoms with van der Waals surface area (Å²) in [6.45, 7) is 12.1. The zero-order chi connectivity index (χ0) is 25.5. The maximum atomic E-state index is 6.10. The van der Waals surface area contributed by atoms with Crippen LogP contribution in [0.15, 0.2) is 12.1 Å². The van der Waals surface area contributed by atoms with E-state index in [0.717, 1.165) is 74.0 Å². The van der Waals surface area contributed by atoms with Crippen molar-refractivity contribution < 1.29 is 14.2 Å². The van der Waals surface area contributed by atoms with Gasteiger partial charge in [0.25, 0.3) is 0 Å². The molecule has 0 radical (unpaired) electrons. The first-order chi connectivity index (χ1) is 18.2. The molecule has 3 aliphatic rings. The number of hydrogen-bond acceptors (Lipinski definition) is 10. The third-order valence-electron chi connectivity index (χ3n) is 7.15. The summed E-state index contributed by atoms with van der Waals surface area (Å²) in [7, 11) is 0. The summed E-state index contributed by atoms with van der Waals surface area (Å²) in [6.07, 6.45) is 7.20. The average molecular weight is 512 g/mol. The van der Waals surface area contributed by atoms with Gasteiger partial charge in [-0.2, -0.15) is 15.0 Å². The fraction of sp³-hybridized carbons (Fsp3) is 0.667. The van der Waals surface area contributed by atoms with Crippen LogP contribution in [0.25, 0.3) is 0 Å². The summed E-state index contributed by atoms with van der Waals surface area (Å²) in [5, 5.41) is 3.48. The molecule has 0 spiro atoms. The molecule has 37 heavy (non-hydrogen) atoms. The quantitative estimate of drug-likeness (QED) is 0.528. The van der Waals surface area contributed by atoms with Crippen LogP contribution in [-0.2, 0) is 4.74 Å². The largest absolute Gasteiger partial charge is 0.492 e. The Kier molecular flexibility index (Phi) is 8.65. The molecule has 5 rings (SSSR count). The van der Waals surface area contributed by atoms with Crippen molar-refractivity contribution in [2.75, 3.05) is 85.7 Å². The molecule has 202 valence electrons. The van der Waals surface area contributed by atoms with Gasteiger partial charge < -0.3 is 34.2 Å². The van der Waals surface area contributed by atoms with Crippen molar-refractivity contribution in [2.24, 2.45) is 0 Å². The molecule has 0 bridgehead atoms. The molecule has 0 saturated carbocycles. The third-order valence-corrected chi connectivity index (χ3v) is 7.15. The minimum Gasteiger partial charge on any atom is -0.492 e. The second-order valence-corrected chi connectivity index (χ2v) is 9.76. The second-order valence-electron chi connectivity index (χ2n) is 9.76. The first kappa shape index (κ1) is 25.6. The van der Waals surface area contributed by atoms with Crippen molar-refractivity contribution in [3.05, 3.63) is 12.1 Å². The van der Waals surface area contributed by atoms with Crippen molar-refractivity contribution in [2.45, 2.75) is 52.4 Å². The van der Waals surface area contributed by atoms with Crippen LogP contribution in [0, 0.1) is 0 Å². The van der Waals surface area contributed by atoms with E-state index in [1.807, 2.05) is 19.9 Å². The monoisotopic (exact) mass is 511 g/mol. The molecule has 4 heterocycles. The highest BCUT2D eigenvalue weighted by Crippen LogP contribution is 2.40. The van der Waals surface area contributed by atoms with Crippen LogP contribution >= 0.6 is 0 Å². The second kappa shape index (κ2) is 12.5. The molecule has 3 saturated heterocycles. The SMILES string of the molecule is CCOc1cc(N2CCOCC2)c(OCC)cc1Nc1nc(N2CCCCC2)nc(N2CCCCC2)n1. The molecule has 0 amide bonds. The summed E-state index contributed by atoms with van der Waals surface area (Å²) in [6, 6.07) is 4.09. The number of hydrogen-bond donors (Lipinski definition) is 1. The van der Waals surface area contributed by atoms with Crippen LogP contribution < -0.4 is 29.5 Å². The van der Waals surface area contributed by atoms with Gasteiger partial charge in [-0.05, 0) is 52.4 Å². The highest BCUT2D eigenvalue weighted by atomic mass is 16.5. The maximum Gasteiger partial charge on any atom is 0.233 e. The van der Waals surface area contributed by atoms with Crippen molar-refractivity contribution in [1.29, 1.82) is 0 Å². The average Bonchev–Trinajstić information content (AvgIpc) is 2.96. The Bertz CT molecular complexity index is 983. The normalized spacial score (nSPS) is 18.6. The summed E-state index contributed by atoms with van der Waals surface area (Å²) in [5.41, 5.74) is 1.82. The lowest BCUT2D eigenvalue weighted by Crippen LogP contribution is -2.36. The zero-order valence-corrected chi connectivity index (χ0v) is 22.4. The maximum absolute atomic E-state index is 6.10. The summed E-state index contributed by atoms with van der Waals surface area (Å²) >= 11 is 0. The molecule has 3 fully saturated rings. The Morgan fingerprint density at radius 3 is 1.84 bits per heavy atom. The van der Waals surface area contributed by atoms with Gasteiger partial charge in [0.2, 0.25) is 17.8 Å². The Hall–Kier alpha value is -3.01. The van der Waals surface area contributed by atoms with Crippen LogP contribution in [0.5, 0.6) is 11.5 Å². The van der Waals surface area contributed by atoms with Gasteiger partial charge in [-0.3, -0.25) is 0 Å². The van der Waals surface area contributed by atoms with Gasteiger partial charge in [0.1, 0.15) is 11.5 Å². The van der Waals surface area contributed by atoms with Crippen LogP contribution in [0.3, 0.4) is 0 Å². The molecule has 0 unspecified atom stereocenters. The number of benzene rings is 1. The molecule has 10 nitrogen and oxygen atoms in total. The predicted molar refractivity (Wildman–Crippen MR) is 147 cm³/mol. The number of anilines is 5. The number of nitrogens with zero attached hydrogens (tertiary/aromatic N) is 6. The molecule has 0 aliphatic carbocycles. The van der Waals surface area contributed by atoms with Crippen LogP contribution in [0.4, 0.5) is 29.2 Å². The van der Waals surface area contributed by atoms with Gasteiger partial charge in [0.05, 0.1) is 37.8 Å². The number of nitrogens with one attached hydrogen (secondary N) is 1. The van der Waals surface area contributed by atoms with E-state index in [-0.39, 0.29) is 0 Å². The standard InChI is InChI=1S/C27H41N7O3/c1-3-36-23-20-22(32-15-17-35-18-16-32)24(37-4-2)19-21(23)28-25-29-26(33-11-7-5-8-12-33)31-27(30-25)34-13-9-6-10-14-34/h19-20H,3-18H2,1-2H3,(H,28,29,30,31). The summed E-state index contributed by atoms with van der Waals surface area (Å²) in [4.78, 5) is 21.6. The smallest absolute Gasteiger partial charge is 0.233 e. The van der Waals surface area contributed by atoms with Crippen molar-refractivity contribution >= 4 is 29.2 Å². The number of rotatable bonds is 9. The van der Waals surface area contributed by atoms with Crippen molar-refractivity contribution in [1.82, 2.24) is 15.0 Å². The third kappa shape index (κ3) is 6.29. The van der Waals surface area contributed by atoms with Crippen LogP contribution in [0.2, 0.25) is 0 Å². The lowest BCUT2D eigenvalue weighted by Gasteiger charge is -2.31. The number of ether oxygens (including phenoxy) is 3. The van der Waals surface area contributed by atoms with Gasteiger partial charge in [-0.25, -0.2) is 0 Å².